The number of aliphatic hydroxyl groups is 1. The Balaban J connectivity index is 1.39. The molecule has 2 aromatic carbocycles. The Kier molecular flexibility index (Phi) is 5.88. The van der Waals surface area contributed by atoms with E-state index >= 15 is 0 Å². The summed E-state index contributed by atoms with van der Waals surface area (Å²) in [4.78, 5) is 37.5. The Morgan fingerprint density at radius 1 is 1.09 bits per heavy atom. The minimum absolute atomic E-state index is 0.0885. The van der Waals surface area contributed by atoms with Gasteiger partial charge in [0.15, 0.2) is 5.60 Å². The number of rotatable bonds is 7. The van der Waals surface area contributed by atoms with E-state index in [4.69, 9.17) is 9.84 Å². The molecule has 3 N–H and O–H groups in total. The van der Waals surface area contributed by atoms with Gasteiger partial charge >= 0.3 is 12.1 Å². The molecule has 0 radical (unpaired) electrons. The third-order valence-electron chi connectivity index (χ3n) is 6.13. The average molecular weight is 438 g/mol. The highest BCUT2D eigenvalue weighted by Gasteiger charge is 2.51. The number of carboxylic acid groups (broad SMARTS) is 1. The zero-order valence-electron chi connectivity index (χ0n) is 17.8. The number of hydrogen-bond acceptors (Lipinski definition) is 5. The number of carbonyl (C=O) groups excluding carboxylic acids is 2. The molecule has 1 atom stereocenters. The van der Waals surface area contributed by atoms with Crippen molar-refractivity contribution in [2.24, 2.45) is 0 Å². The molecule has 1 heterocycles. The predicted molar refractivity (Wildman–Crippen MR) is 116 cm³/mol. The van der Waals surface area contributed by atoms with Crippen molar-refractivity contribution in [2.45, 2.75) is 37.3 Å². The number of likely N-dealkylation sites (tertiary alicyclic amines) is 1. The van der Waals surface area contributed by atoms with Crippen LogP contribution in [0.25, 0.3) is 11.1 Å². The van der Waals surface area contributed by atoms with Gasteiger partial charge < -0.3 is 25.2 Å². The lowest BCUT2D eigenvalue weighted by molar-refractivity contribution is -0.182. The molecular formula is C24H26N2O6. The lowest BCUT2D eigenvalue weighted by Crippen LogP contribution is -2.69. The van der Waals surface area contributed by atoms with Crippen LogP contribution in [0.15, 0.2) is 48.5 Å². The van der Waals surface area contributed by atoms with Crippen molar-refractivity contribution in [3.63, 3.8) is 0 Å². The van der Waals surface area contributed by atoms with Crippen LogP contribution in [0, 0.1) is 0 Å². The standard InChI is InChI=1S/C24H26N2O6/c1-2-7-20(21(27)26-13-24(31,14-26)22(28)29)25-23(30)32-12-19-17-10-5-3-8-15(17)16-9-4-6-11-18(16)19/h3-6,8-11,19-20,31H,2,7,12-14H2,1H3,(H,25,30)(H,28,29). The maximum atomic E-state index is 12.7. The molecule has 32 heavy (non-hydrogen) atoms. The first-order valence-corrected chi connectivity index (χ1v) is 10.7. The van der Waals surface area contributed by atoms with Crippen LogP contribution in [-0.2, 0) is 14.3 Å². The van der Waals surface area contributed by atoms with E-state index in [9.17, 15) is 19.5 Å². The molecular weight excluding hydrogens is 412 g/mol. The number of aliphatic carboxylic acids is 1. The summed E-state index contributed by atoms with van der Waals surface area (Å²) >= 11 is 0. The fraction of sp³-hybridized carbons (Fsp3) is 0.375. The van der Waals surface area contributed by atoms with Crippen LogP contribution in [0.5, 0.6) is 0 Å². The smallest absolute Gasteiger partial charge is 0.407 e. The Morgan fingerprint density at radius 2 is 1.66 bits per heavy atom. The minimum atomic E-state index is -1.92. The number of carboxylic acids is 1. The van der Waals surface area contributed by atoms with Crippen molar-refractivity contribution >= 4 is 18.0 Å². The van der Waals surface area contributed by atoms with Crippen molar-refractivity contribution < 1.29 is 29.3 Å². The fourth-order valence-corrected chi connectivity index (χ4v) is 4.43. The molecule has 1 saturated heterocycles. The van der Waals surface area contributed by atoms with E-state index < -0.39 is 29.6 Å². The molecule has 8 heteroatoms. The third kappa shape index (κ3) is 3.93. The molecule has 1 aliphatic carbocycles. The number of ether oxygens (including phenoxy) is 1. The number of benzene rings is 2. The van der Waals surface area contributed by atoms with Gasteiger partial charge in [-0.2, -0.15) is 0 Å². The number of alkyl carbamates (subject to hydrolysis) is 1. The summed E-state index contributed by atoms with van der Waals surface area (Å²) < 4.78 is 5.51. The van der Waals surface area contributed by atoms with Crippen LogP contribution in [0.1, 0.15) is 36.8 Å². The van der Waals surface area contributed by atoms with Crippen LogP contribution < -0.4 is 5.32 Å². The van der Waals surface area contributed by atoms with Gasteiger partial charge in [0.05, 0.1) is 13.1 Å². The molecule has 0 saturated carbocycles. The first-order chi connectivity index (χ1) is 15.3. The number of carbonyl (C=O) groups is 3. The molecule has 0 spiro atoms. The number of fused-ring (bicyclic) bond motifs is 3. The highest BCUT2D eigenvalue weighted by atomic mass is 16.5. The Hall–Kier alpha value is -3.39. The highest BCUT2D eigenvalue weighted by molar-refractivity contribution is 5.89. The number of β-amino-alcohol motifs (C(OH)–C–C–N with tert-alkyl or cyclic N) is 1. The monoisotopic (exact) mass is 438 g/mol. The second kappa shape index (κ2) is 8.63. The maximum Gasteiger partial charge on any atom is 0.407 e. The molecule has 2 aliphatic rings. The third-order valence-corrected chi connectivity index (χ3v) is 6.13. The zero-order chi connectivity index (χ0) is 22.9. The summed E-state index contributed by atoms with van der Waals surface area (Å²) in [6.07, 6.45) is 0.315. The molecule has 0 aromatic heterocycles. The maximum absolute atomic E-state index is 12.7. The van der Waals surface area contributed by atoms with Crippen molar-refractivity contribution in [3.8, 4) is 11.1 Å². The second-order valence-corrected chi connectivity index (χ2v) is 8.34. The van der Waals surface area contributed by atoms with Crippen molar-refractivity contribution in [3.05, 3.63) is 59.7 Å². The van der Waals surface area contributed by atoms with Gasteiger partial charge in [0, 0.05) is 5.92 Å². The second-order valence-electron chi connectivity index (χ2n) is 8.34. The lowest BCUT2D eigenvalue weighted by Gasteiger charge is -2.44. The molecule has 4 rings (SSSR count). The van der Waals surface area contributed by atoms with E-state index in [0.29, 0.717) is 12.8 Å². The summed E-state index contributed by atoms with van der Waals surface area (Å²) in [7, 11) is 0. The van der Waals surface area contributed by atoms with Gasteiger partial charge in [0.2, 0.25) is 5.91 Å². The van der Waals surface area contributed by atoms with E-state index in [-0.39, 0.29) is 25.6 Å². The van der Waals surface area contributed by atoms with E-state index in [1.807, 2.05) is 43.3 Å². The summed E-state index contributed by atoms with van der Waals surface area (Å²) in [6, 6.07) is 15.2. The summed E-state index contributed by atoms with van der Waals surface area (Å²) in [6.45, 7) is 1.42. The van der Waals surface area contributed by atoms with Gasteiger partial charge in [-0.15, -0.1) is 0 Å². The first-order valence-electron chi connectivity index (χ1n) is 10.7. The topological polar surface area (TPSA) is 116 Å². The van der Waals surface area contributed by atoms with E-state index in [1.54, 1.807) is 0 Å². The van der Waals surface area contributed by atoms with Gasteiger partial charge in [-0.25, -0.2) is 9.59 Å². The normalized spacial score (nSPS) is 17.0. The minimum Gasteiger partial charge on any atom is -0.479 e. The quantitative estimate of drug-likeness (QED) is 0.611. The van der Waals surface area contributed by atoms with Gasteiger partial charge in [0.25, 0.3) is 0 Å². The Bertz CT molecular complexity index is 1000. The molecule has 1 unspecified atom stereocenters. The molecule has 2 amide bonds. The van der Waals surface area contributed by atoms with Crippen LogP contribution in [0.3, 0.4) is 0 Å². The van der Waals surface area contributed by atoms with Crippen molar-refractivity contribution in [1.82, 2.24) is 10.2 Å². The predicted octanol–water partition coefficient (Wildman–Crippen LogP) is 2.35. The number of amides is 2. The Labute approximate surface area is 185 Å². The molecule has 0 bridgehead atoms. The van der Waals surface area contributed by atoms with Gasteiger partial charge in [-0.05, 0) is 28.7 Å². The number of nitrogens with one attached hydrogen (secondary N) is 1. The molecule has 2 aromatic rings. The number of nitrogens with zero attached hydrogens (tertiary/aromatic N) is 1. The summed E-state index contributed by atoms with van der Waals surface area (Å²) in [5.74, 6) is -1.88. The van der Waals surface area contributed by atoms with Crippen LogP contribution in [0.2, 0.25) is 0 Å². The van der Waals surface area contributed by atoms with E-state index in [2.05, 4.69) is 17.4 Å². The summed E-state index contributed by atoms with van der Waals surface area (Å²) in [5, 5.41) is 21.5. The van der Waals surface area contributed by atoms with Crippen LogP contribution in [0.4, 0.5) is 4.79 Å². The van der Waals surface area contributed by atoms with Crippen LogP contribution >= 0.6 is 0 Å². The van der Waals surface area contributed by atoms with Crippen molar-refractivity contribution in [2.75, 3.05) is 19.7 Å². The van der Waals surface area contributed by atoms with Crippen LogP contribution in [-0.4, -0.2) is 64.4 Å². The average Bonchev–Trinajstić information content (AvgIpc) is 3.08. The lowest BCUT2D eigenvalue weighted by atomic mass is 9.93. The Morgan fingerprint density at radius 3 is 2.19 bits per heavy atom. The molecule has 8 nitrogen and oxygen atoms in total. The van der Waals surface area contributed by atoms with Gasteiger partial charge in [-0.3, -0.25) is 4.79 Å². The first kappa shape index (κ1) is 21.8. The van der Waals surface area contributed by atoms with Crippen molar-refractivity contribution in [1.29, 1.82) is 0 Å². The van der Waals surface area contributed by atoms with E-state index in [1.165, 1.54) is 4.90 Å². The summed E-state index contributed by atoms with van der Waals surface area (Å²) in [5.41, 5.74) is 2.52. The number of hydrogen-bond donors (Lipinski definition) is 3. The van der Waals surface area contributed by atoms with E-state index in [0.717, 1.165) is 22.3 Å². The molecule has 1 aliphatic heterocycles. The van der Waals surface area contributed by atoms with Gasteiger partial charge in [0.1, 0.15) is 12.6 Å². The van der Waals surface area contributed by atoms with Gasteiger partial charge in [-0.1, -0.05) is 61.9 Å². The largest absolute Gasteiger partial charge is 0.479 e. The molecule has 1 fully saturated rings. The molecule has 168 valence electrons. The zero-order valence-corrected chi connectivity index (χ0v) is 17.8. The SMILES string of the molecule is CCCC(NC(=O)OCC1c2ccccc2-c2ccccc21)C(=O)N1CC(O)(C(=O)O)C1. The highest BCUT2D eigenvalue weighted by Crippen LogP contribution is 2.44. The fourth-order valence-electron chi connectivity index (χ4n) is 4.43.